The normalized spacial score (nSPS) is 16.1. The van der Waals surface area contributed by atoms with E-state index in [1.807, 2.05) is 6.20 Å². The van der Waals surface area contributed by atoms with Gasteiger partial charge in [-0.1, -0.05) is 19.8 Å². The molecule has 15 heavy (non-hydrogen) atoms. The number of amides is 1. The van der Waals surface area contributed by atoms with Crippen molar-refractivity contribution < 1.29 is 4.79 Å². The summed E-state index contributed by atoms with van der Waals surface area (Å²) in [5.41, 5.74) is 0. The highest BCUT2D eigenvalue weighted by molar-refractivity contribution is 7.15. The smallest absolute Gasteiger partial charge is 0.229 e. The molecule has 1 aliphatic carbocycles. The van der Waals surface area contributed by atoms with Crippen LogP contribution in [0.2, 0.25) is 0 Å². The molecule has 1 aromatic heterocycles. The van der Waals surface area contributed by atoms with E-state index in [0.717, 1.165) is 30.8 Å². The molecule has 0 unspecified atom stereocenters. The van der Waals surface area contributed by atoms with Crippen LogP contribution in [-0.4, -0.2) is 10.9 Å². The first-order valence-electron chi connectivity index (χ1n) is 5.55. The van der Waals surface area contributed by atoms with Crippen LogP contribution in [0.25, 0.3) is 0 Å². The molecular formula is C11H16N2OS. The molecule has 2 rings (SSSR count). The zero-order valence-corrected chi connectivity index (χ0v) is 9.77. The molecule has 1 heterocycles. The van der Waals surface area contributed by atoms with Crippen molar-refractivity contribution in [2.24, 2.45) is 5.92 Å². The molecule has 82 valence electrons. The molecule has 1 amide bonds. The quantitative estimate of drug-likeness (QED) is 0.854. The number of hydrogen-bond donors (Lipinski definition) is 1. The summed E-state index contributed by atoms with van der Waals surface area (Å²) >= 11 is 1.59. The van der Waals surface area contributed by atoms with Gasteiger partial charge in [0.2, 0.25) is 5.91 Å². The fraction of sp³-hybridized carbons (Fsp3) is 0.636. The Labute approximate surface area is 93.9 Å². The number of carbonyl (C=O) groups excluding carboxylic acids is 1. The first kappa shape index (κ1) is 10.6. The Kier molecular flexibility index (Phi) is 3.36. The van der Waals surface area contributed by atoms with Gasteiger partial charge in [-0.2, -0.15) is 0 Å². The average Bonchev–Trinajstić information content (AvgIpc) is 2.49. The summed E-state index contributed by atoms with van der Waals surface area (Å²) in [6, 6.07) is 0. The second kappa shape index (κ2) is 4.75. The predicted molar refractivity (Wildman–Crippen MR) is 62.1 cm³/mol. The third-order valence-corrected chi connectivity index (χ3v) is 3.73. The zero-order valence-electron chi connectivity index (χ0n) is 8.95. The van der Waals surface area contributed by atoms with Gasteiger partial charge < -0.3 is 5.32 Å². The van der Waals surface area contributed by atoms with E-state index in [1.54, 1.807) is 11.3 Å². The number of nitrogens with zero attached hydrogens (tertiary/aromatic N) is 1. The molecule has 1 N–H and O–H groups in total. The first-order chi connectivity index (χ1) is 7.29. The summed E-state index contributed by atoms with van der Waals surface area (Å²) in [6.07, 6.45) is 7.31. The molecule has 3 nitrogen and oxygen atoms in total. The van der Waals surface area contributed by atoms with Crippen molar-refractivity contribution in [2.45, 2.75) is 39.0 Å². The van der Waals surface area contributed by atoms with E-state index in [9.17, 15) is 4.79 Å². The van der Waals surface area contributed by atoms with E-state index in [2.05, 4.69) is 17.2 Å². The fourth-order valence-corrected chi connectivity index (χ4v) is 2.52. The molecule has 1 aliphatic rings. The molecule has 0 aromatic carbocycles. The van der Waals surface area contributed by atoms with Gasteiger partial charge in [-0.15, -0.1) is 11.3 Å². The van der Waals surface area contributed by atoms with Crippen molar-refractivity contribution in [1.82, 2.24) is 4.98 Å². The van der Waals surface area contributed by atoms with E-state index in [4.69, 9.17) is 0 Å². The van der Waals surface area contributed by atoms with Crippen LogP contribution in [0.5, 0.6) is 0 Å². The van der Waals surface area contributed by atoms with Crippen molar-refractivity contribution in [1.29, 1.82) is 0 Å². The number of aromatic nitrogens is 1. The highest BCUT2D eigenvalue weighted by atomic mass is 32.1. The van der Waals surface area contributed by atoms with E-state index in [-0.39, 0.29) is 11.8 Å². The van der Waals surface area contributed by atoms with Gasteiger partial charge in [-0.25, -0.2) is 4.98 Å². The number of aryl methyl sites for hydroxylation is 1. The third kappa shape index (κ3) is 2.56. The molecule has 0 aliphatic heterocycles. The van der Waals surface area contributed by atoms with Crippen LogP contribution in [-0.2, 0) is 11.2 Å². The Hall–Kier alpha value is -0.900. The Morgan fingerprint density at radius 3 is 3.07 bits per heavy atom. The molecule has 0 bridgehead atoms. The van der Waals surface area contributed by atoms with Crippen LogP contribution in [0.15, 0.2) is 6.20 Å². The van der Waals surface area contributed by atoms with Crippen LogP contribution in [0, 0.1) is 5.92 Å². The molecule has 1 fully saturated rings. The van der Waals surface area contributed by atoms with Gasteiger partial charge in [0.1, 0.15) is 0 Å². The van der Waals surface area contributed by atoms with Crippen molar-refractivity contribution in [3.63, 3.8) is 0 Å². The SMILES string of the molecule is CCCc1cnc(NC(=O)C2CCC2)s1. The lowest BCUT2D eigenvalue weighted by atomic mass is 9.85. The predicted octanol–water partition coefficient (Wildman–Crippen LogP) is 2.83. The third-order valence-electron chi connectivity index (χ3n) is 2.76. The Morgan fingerprint density at radius 1 is 1.67 bits per heavy atom. The number of carbonyl (C=O) groups is 1. The molecule has 1 saturated carbocycles. The van der Waals surface area contributed by atoms with Crippen LogP contribution in [0.3, 0.4) is 0 Å². The largest absolute Gasteiger partial charge is 0.302 e. The molecule has 0 radical (unpaired) electrons. The maximum atomic E-state index is 11.6. The number of thiazole rings is 1. The first-order valence-corrected chi connectivity index (χ1v) is 6.37. The van der Waals surface area contributed by atoms with Crippen LogP contribution in [0.4, 0.5) is 5.13 Å². The summed E-state index contributed by atoms with van der Waals surface area (Å²) < 4.78 is 0. The van der Waals surface area contributed by atoms with Gasteiger partial charge in [-0.3, -0.25) is 4.79 Å². The molecule has 0 atom stereocenters. The van der Waals surface area contributed by atoms with Crippen LogP contribution >= 0.6 is 11.3 Å². The topological polar surface area (TPSA) is 42.0 Å². The fourth-order valence-electron chi connectivity index (χ4n) is 1.61. The summed E-state index contributed by atoms with van der Waals surface area (Å²) in [4.78, 5) is 17.1. The minimum absolute atomic E-state index is 0.152. The van der Waals surface area contributed by atoms with Crippen molar-refractivity contribution in [3.05, 3.63) is 11.1 Å². The molecule has 0 spiro atoms. The number of hydrogen-bond acceptors (Lipinski definition) is 3. The second-order valence-electron chi connectivity index (χ2n) is 4.00. The average molecular weight is 224 g/mol. The van der Waals surface area contributed by atoms with E-state index in [1.165, 1.54) is 11.3 Å². The highest BCUT2D eigenvalue weighted by Gasteiger charge is 2.25. The molecular weight excluding hydrogens is 208 g/mol. The lowest BCUT2D eigenvalue weighted by Crippen LogP contribution is -2.27. The minimum atomic E-state index is 0.152. The van der Waals surface area contributed by atoms with Crippen molar-refractivity contribution in [3.8, 4) is 0 Å². The summed E-state index contributed by atoms with van der Waals surface area (Å²) in [7, 11) is 0. The number of nitrogens with one attached hydrogen (secondary N) is 1. The standard InChI is InChI=1S/C11H16N2OS/c1-2-4-9-7-12-11(15-9)13-10(14)8-5-3-6-8/h7-8H,2-6H2,1H3,(H,12,13,14). The van der Waals surface area contributed by atoms with Gasteiger partial charge in [0.15, 0.2) is 5.13 Å². The zero-order chi connectivity index (χ0) is 10.7. The Morgan fingerprint density at radius 2 is 2.47 bits per heavy atom. The van der Waals surface area contributed by atoms with Crippen molar-refractivity contribution in [2.75, 3.05) is 5.32 Å². The lowest BCUT2D eigenvalue weighted by molar-refractivity contribution is -0.122. The molecule has 4 heteroatoms. The van der Waals surface area contributed by atoms with Gasteiger partial charge >= 0.3 is 0 Å². The molecule has 1 aromatic rings. The summed E-state index contributed by atoms with van der Waals surface area (Å²) in [5, 5.41) is 3.65. The van der Waals surface area contributed by atoms with Gasteiger partial charge in [0.25, 0.3) is 0 Å². The maximum Gasteiger partial charge on any atom is 0.229 e. The minimum Gasteiger partial charge on any atom is -0.302 e. The lowest BCUT2D eigenvalue weighted by Gasteiger charge is -2.23. The highest BCUT2D eigenvalue weighted by Crippen LogP contribution is 2.28. The van der Waals surface area contributed by atoms with Crippen LogP contribution in [0.1, 0.15) is 37.5 Å². The van der Waals surface area contributed by atoms with E-state index in [0.29, 0.717) is 0 Å². The molecule has 0 saturated heterocycles. The van der Waals surface area contributed by atoms with Gasteiger partial charge in [0.05, 0.1) is 0 Å². The van der Waals surface area contributed by atoms with Gasteiger partial charge in [0, 0.05) is 17.0 Å². The number of rotatable bonds is 4. The van der Waals surface area contributed by atoms with E-state index >= 15 is 0 Å². The van der Waals surface area contributed by atoms with E-state index < -0.39 is 0 Å². The Balaban J connectivity index is 1.89. The van der Waals surface area contributed by atoms with Crippen molar-refractivity contribution >= 4 is 22.4 Å². The van der Waals surface area contributed by atoms with Crippen LogP contribution < -0.4 is 5.32 Å². The number of anilines is 1. The Bertz CT molecular complexity index is 344. The maximum absolute atomic E-state index is 11.6. The second-order valence-corrected chi connectivity index (χ2v) is 5.11. The monoisotopic (exact) mass is 224 g/mol. The summed E-state index contributed by atoms with van der Waals surface area (Å²) in [6.45, 7) is 2.15. The van der Waals surface area contributed by atoms with Gasteiger partial charge in [-0.05, 0) is 19.3 Å². The summed E-state index contributed by atoms with van der Waals surface area (Å²) in [5.74, 6) is 0.391.